The van der Waals surface area contributed by atoms with Crippen molar-refractivity contribution in [2.45, 2.75) is 0 Å². The summed E-state index contributed by atoms with van der Waals surface area (Å²) in [5.74, 6) is 0.101. The van der Waals surface area contributed by atoms with Crippen LogP contribution in [0.5, 0.6) is 0 Å². The lowest BCUT2D eigenvalue weighted by atomic mass is 10.3. The number of nitrogens with one attached hydrogen (secondary N) is 2. The molecule has 0 aromatic carbocycles. The lowest BCUT2D eigenvalue weighted by Crippen LogP contribution is -2.45. The SMILES string of the molecule is O=C(O)c1nc(N2CCNCC2)cnc1N1CCNCC1. The van der Waals surface area contributed by atoms with Gasteiger partial charge in [-0.05, 0) is 0 Å². The molecule has 0 aliphatic carbocycles. The molecular weight excluding hydrogens is 272 g/mol. The fourth-order valence-corrected chi connectivity index (χ4v) is 2.67. The van der Waals surface area contributed by atoms with E-state index in [4.69, 9.17) is 0 Å². The van der Waals surface area contributed by atoms with Gasteiger partial charge in [0.2, 0.25) is 0 Å². The van der Waals surface area contributed by atoms with Gasteiger partial charge in [-0.1, -0.05) is 0 Å². The van der Waals surface area contributed by atoms with Crippen LogP contribution in [0.4, 0.5) is 11.6 Å². The van der Waals surface area contributed by atoms with Gasteiger partial charge in [0.05, 0.1) is 6.20 Å². The molecule has 0 radical (unpaired) electrons. The number of aromatic carboxylic acids is 1. The Bertz CT molecular complexity index is 511. The van der Waals surface area contributed by atoms with Crippen LogP contribution in [0.3, 0.4) is 0 Å². The monoisotopic (exact) mass is 292 g/mol. The molecular formula is C13H20N6O2. The van der Waals surface area contributed by atoms with Gasteiger partial charge in [0.15, 0.2) is 11.5 Å². The number of carbonyl (C=O) groups is 1. The highest BCUT2D eigenvalue weighted by atomic mass is 16.4. The third-order valence-electron chi connectivity index (χ3n) is 3.80. The van der Waals surface area contributed by atoms with Crippen LogP contribution < -0.4 is 20.4 Å². The number of rotatable bonds is 3. The normalized spacial score (nSPS) is 19.6. The molecule has 0 spiro atoms. The topological polar surface area (TPSA) is 93.6 Å². The minimum absolute atomic E-state index is 0.0490. The van der Waals surface area contributed by atoms with E-state index in [1.54, 1.807) is 6.20 Å². The lowest BCUT2D eigenvalue weighted by Gasteiger charge is -2.31. The summed E-state index contributed by atoms with van der Waals surface area (Å²) in [7, 11) is 0. The van der Waals surface area contributed by atoms with Crippen LogP contribution in [0, 0.1) is 0 Å². The fraction of sp³-hybridized carbons (Fsp3) is 0.615. The van der Waals surface area contributed by atoms with Crippen molar-refractivity contribution < 1.29 is 9.90 Å². The molecule has 1 aromatic rings. The Hall–Kier alpha value is -1.93. The second-order valence-corrected chi connectivity index (χ2v) is 5.18. The zero-order valence-electron chi connectivity index (χ0n) is 11.9. The van der Waals surface area contributed by atoms with E-state index in [0.717, 1.165) is 52.4 Å². The maximum Gasteiger partial charge on any atom is 0.358 e. The number of aromatic nitrogens is 2. The number of carboxylic acid groups (broad SMARTS) is 1. The molecule has 0 saturated carbocycles. The van der Waals surface area contributed by atoms with Crippen molar-refractivity contribution >= 4 is 17.6 Å². The van der Waals surface area contributed by atoms with Crippen LogP contribution in [-0.2, 0) is 0 Å². The first kappa shape index (κ1) is 14.0. The standard InChI is InChI=1S/C13H20N6O2/c20-13(21)11-12(19-7-3-15-4-8-19)16-9-10(17-11)18-5-1-14-2-6-18/h9,14-15H,1-8H2,(H,20,21). The molecule has 114 valence electrons. The summed E-state index contributed by atoms with van der Waals surface area (Å²) < 4.78 is 0. The van der Waals surface area contributed by atoms with Crippen molar-refractivity contribution in [3.05, 3.63) is 11.9 Å². The van der Waals surface area contributed by atoms with Crippen molar-refractivity contribution in [2.24, 2.45) is 0 Å². The van der Waals surface area contributed by atoms with E-state index in [1.807, 2.05) is 4.90 Å². The first-order valence-electron chi connectivity index (χ1n) is 7.27. The fourth-order valence-electron chi connectivity index (χ4n) is 2.67. The second-order valence-electron chi connectivity index (χ2n) is 5.18. The van der Waals surface area contributed by atoms with E-state index >= 15 is 0 Å². The maximum atomic E-state index is 11.5. The Morgan fingerprint density at radius 1 is 1.05 bits per heavy atom. The molecule has 21 heavy (non-hydrogen) atoms. The van der Waals surface area contributed by atoms with Crippen molar-refractivity contribution in [1.82, 2.24) is 20.6 Å². The predicted octanol–water partition coefficient (Wildman–Crippen LogP) is -1.01. The molecule has 3 rings (SSSR count). The Balaban J connectivity index is 1.88. The Morgan fingerprint density at radius 3 is 2.19 bits per heavy atom. The highest BCUT2D eigenvalue weighted by molar-refractivity contribution is 5.91. The van der Waals surface area contributed by atoms with E-state index in [-0.39, 0.29) is 5.69 Å². The molecule has 8 nitrogen and oxygen atoms in total. The smallest absolute Gasteiger partial charge is 0.358 e. The first-order chi connectivity index (χ1) is 10.3. The van der Waals surface area contributed by atoms with Crippen LogP contribution in [0.2, 0.25) is 0 Å². The zero-order valence-corrected chi connectivity index (χ0v) is 11.9. The van der Waals surface area contributed by atoms with Crippen LogP contribution in [0.25, 0.3) is 0 Å². The first-order valence-corrected chi connectivity index (χ1v) is 7.27. The third-order valence-corrected chi connectivity index (χ3v) is 3.80. The van der Waals surface area contributed by atoms with Gasteiger partial charge < -0.3 is 25.5 Å². The van der Waals surface area contributed by atoms with Gasteiger partial charge >= 0.3 is 5.97 Å². The largest absolute Gasteiger partial charge is 0.476 e. The molecule has 0 amide bonds. The van der Waals surface area contributed by atoms with Gasteiger partial charge in [0.25, 0.3) is 0 Å². The average molecular weight is 292 g/mol. The Kier molecular flexibility index (Phi) is 4.16. The highest BCUT2D eigenvalue weighted by Crippen LogP contribution is 2.20. The van der Waals surface area contributed by atoms with Gasteiger partial charge in [0, 0.05) is 52.4 Å². The minimum Gasteiger partial charge on any atom is -0.476 e. The van der Waals surface area contributed by atoms with Crippen molar-refractivity contribution in [3.8, 4) is 0 Å². The zero-order chi connectivity index (χ0) is 14.7. The van der Waals surface area contributed by atoms with Crippen molar-refractivity contribution in [2.75, 3.05) is 62.2 Å². The number of piperazine rings is 2. The van der Waals surface area contributed by atoms with Gasteiger partial charge in [-0.2, -0.15) is 0 Å². The Morgan fingerprint density at radius 2 is 1.62 bits per heavy atom. The van der Waals surface area contributed by atoms with Crippen LogP contribution in [0.15, 0.2) is 6.20 Å². The van der Waals surface area contributed by atoms with E-state index in [9.17, 15) is 9.90 Å². The molecule has 2 saturated heterocycles. The highest BCUT2D eigenvalue weighted by Gasteiger charge is 2.23. The molecule has 0 atom stereocenters. The van der Waals surface area contributed by atoms with Crippen LogP contribution in [0.1, 0.15) is 10.5 Å². The third kappa shape index (κ3) is 3.06. The number of anilines is 2. The second kappa shape index (κ2) is 6.23. The summed E-state index contributed by atoms with van der Waals surface area (Å²) in [5.41, 5.74) is 0.0490. The molecule has 0 unspecified atom stereocenters. The molecule has 3 N–H and O–H groups in total. The summed E-state index contributed by atoms with van der Waals surface area (Å²) in [6.45, 7) is 6.57. The minimum atomic E-state index is -1.02. The summed E-state index contributed by atoms with van der Waals surface area (Å²) in [6, 6.07) is 0. The van der Waals surface area contributed by atoms with Gasteiger partial charge in [-0.3, -0.25) is 0 Å². The maximum absolute atomic E-state index is 11.5. The van der Waals surface area contributed by atoms with E-state index in [0.29, 0.717) is 11.6 Å². The summed E-state index contributed by atoms with van der Waals surface area (Å²) in [6.07, 6.45) is 1.69. The average Bonchev–Trinajstić information content (AvgIpc) is 2.56. The van der Waals surface area contributed by atoms with Crippen molar-refractivity contribution in [3.63, 3.8) is 0 Å². The number of carboxylic acids is 1. The molecule has 8 heteroatoms. The van der Waals surface area contributed by atoms with Crippen LogP contribution in [-0.4, -0.2) is 73.4 Å². The summed E-state index contributed by atoms with van der Waals surface area (Å²) in [5, 5.41) is 16.0. The van der Waals surface area contributed by atoms with Crippen molar-refractivity contribution in [1.29, 1.82) is 0 Å². The molecule has 0 bridgehead atoms. The van der Waals surface area contributed by atoms with Gasteiger partial charge in [-0.25, -0.2) is 14.8 Å². The number of hydrogen-bond acceptors (Lipinski definition) is 7. The van der Waals surface area contributed by atoms with Gasteiger partial charge in [0.1, 0.15) is 5.82 Å². The molecule has 2 fully saturated rings. The molecule has 3 heterocycles. The summed E-state index contributed by atoms with van der Waals surface area (Å²) >= 11 is 0. The molecule has 2 aliphatic rings. The van der Waals surface area contributed by atoms with Crippen LogP contribution >= 0.6 is 0 Å². The summed E-state index contributed by atoms with van der Waals surface area (Å²) in [4.78, 5) is 24.3. The lowest BCUT2D eigenvalue weighted by molar-refractivity contribution is 0.0690. The predicted molar refractivity (Wildman–Crippen MR) is 79.2 cm³/mol. The Labute approximate surface area is 123 Å². The van der Waals surface area contributed by atoms with E-state index in [2.05, 4.69) is 25.5 Å². The molecule has 2 aliphatic heterocycles. The van der Waals surface area contributed by atoms with E-state index in [1.165, 1.54) is 0 Å². The van der Waals surface area contributed by atoms with Gasteiger partial charge in [-0.15, -0.1) is 0 Å². The molecule has 1 aromatic heterocycles. The van der Waals surface area contributed by atoms with E-state index < -0.39 is 5.97 Å². The number of nitrogens with zero attached hydrogens (tertiary/aromatic N) is 4. The quantitative estimate of drug-likeness (QED) is 0.653. The number of hydrogen-bond donors (Lipinski definition) is 3.